The summed E-state index contributed by atoms with van der Waals surface area (Å²) in [5.74, 6) is 0.941. The van der Waals surface area contributed by atoms with Crippen molar-refractivity contribution in [3.8, 4) is 11.5 Å². The number of fused-ring (bicyclic) bond motifs is 1. The molecule has 0 amide bonds. The minimum atomic E-state index is -0.953. The van der Waals surface area contributed by atoms with Crippen molar-refractivity contribution in [2.45, 2.75) is 65.2 Å². The molecule has 0 N–H and O–H groups in total. The highest BCUT2D eigenvalue weighted by Crippen LogP contribution is 2.52. The molecular formula is C22H32F2O2. The van der Waals surface area contributed by atoms with Crippen LogP contribution in [0.15, 0.2) is 12.1 Å². The molecule has 2 aliphatic carbocycles. The maximum atomic E-state index is 14.2. The monoisotopic (exact) mass is 366 g/mol. The quantitative estimate of drug-likeness (QED) is 0.472. The van der Waals surface area contributed by atoms with Gasteiger partial charge in [0.2, 0.25) is 11.6 Å². The van der Waals surface area contributed by atoms with Gasteiger partial charge < -0.3 is 9.47 Å². The number of hydrogen-bond donors (Lipinski definition) is 0. The molecule has 2 aliphatic rings. The average molecular weight is 366 g/mol. The van der Waals surface area contributed by atoms with Crippen LogP contribution < -0.4 is 9.47 Å². The Balaban J connectivity index is 1.54. The molecular weight excluding hydrogens is 334 g/mol. The highest BCUT2D eigenvalue weighted by molar-refractivity contribution is 5.35. The van der Waals surface area contributed by atoms with Crippen LogP contribution in [0.1, 0.15) is 65.2 Å². The molecule has 2 saturated carbocycles. The fraction of sp³-hybridized carbons (Fsp3) is 0.727. The Morgan fingerprint density at radius 1 is 0.846 bits per heavy atom. The lowest BCUT2D eigenvalue weighted by molar-refractivity contribution is 0.193. The second-order valence-corrected chi connectivity index (χ2v) is 7.93. The van der Waals surface area contributed by atoms with Gasteiger partial charge in [-0.2, -0.15) is 8.78 Å². The van der Waals surface area contributed by atoms with E-state index in [1.165, 1.54) is 57.1 Å². The highest BCUT2D eigenvalue weighted by Gasteiger charge is 2.44. The molecule has 4 heteroatoms. The summed E-state index contributed by atoms with van der Waals surface area (Å²) in [6.45, 7) is 4.80. The zero-order valence-corrected chi connectivity index (χ0v) is 16.1. The largest absolute Gasteiger partial charge is 0.491 e. The van der Waals surface area contributed by atoms with E-state index in [1.54, 1.807) is 6.92 Å². The summed E-state index contributed by atoms with van der Waals surface area (Å²) in [4.78, 5) is 0. The number of ether oxygens (including phenoxy) is 2. The van der Waals surface area contributed by atoms with Crippen LogP contribution in [0.25, 0.3) is 0 Å². The van der Waals surface area contributed by atoms with Crippen LogP contribution in [0, 0.1) is 35.3 Å². The maximum absolute atomic E-state index is 14.2. The topological polar surface area (TPSA) is 18.5 Å². The van der Waals surface area contributed by atoms with Crippen molar-refractivity contribution < 1.29 is 18.3 Å². The van der Waals surface area contributed by atoms with Gasteiger partial charge in [-0.1, -0.05) is 32.6 Å². The number of halogens is 2. The smallest absolute Gasteiger partial charge is 0.204 e. The van der Waals surface area contributed by atoms with Gasteiger partial charge in [-0.3, -0.25) is 0 Å². The van der Waals surface area contributed by atoms with Crippen LogP contribution in [0.4, 0.5) is 8.78 Å². The summed E-state index contributed by atoms with van der Waals surface area (Å²) >= 11 is 0. The lowest BCUT2D eigenvalue weighted by Crippen LogP contribution is -2.19. The predicted octanol–water partition coefficient (Wildman–Crippen LogP) is 6.38. The maximum Gasteiger partial charge on any atom is 0.204 e. The second kappa shape index (κ2) is 9.05. The number of hydrogen-bond acceptors (Lipinski definition) is 2. The Hall–Kier alpha value is -1.32. The molecule has 146 valence electrons. The molecule has 0 aromatic heterocycles. The van der Waals surface area contributed by atoms with Crippen molar-refractivity contribution in [2.75, 3.05) is 13.2 Å². The first kappa shape index (κ1) is 19.4. The zero-order valence-electron chi connectivity index (χ0n) is 16.1. The first-order chi connectivity index (χ1) is 12.7. The van der Waals surface area contributed by atoms with Crippen molar-refractivity contribution in [2.24, 2.45) is 23.7 Å². The Bertz CT molecular complexity index is 590. The summed E-state index contributed by atoms with van der Waals surface area (Å²) in [6.07, 6.45) is 10.4. The molecule has 1 aromatic carbocycles. The van der Waals surface area contributed by atoms with E-state index in [9.17, 15) is 8.78 Å². The second-order valence-electron chi connectivity index (χ2n) is 7.93. The minimum Gasteiger partial charge on any atom is -0.491 e. The Labute approximate surface area is 156 Å². The van der Waals surface area contributed by atoms with E-state index >= 15 is 0 Å². The Morgan fingerprint density at radius 3 is 2.12 bits per heavy atom. The van der Waals surface area contributed by atoms with Crippen molar-refractivity contribution >= 4 is 0 Å². The van der Waals surface area contributed by atoms with Gasteiger partial charge in [0.05, 0.1) is 13.2 Å². The van der Waals surface area contributed by atoms with E-state index < -0.39 is 11.6 Å². The van der Waals surface area contributed by atoms with Crippen molar-refractivity contribution in [3.05, 3.63) is 23.8 Å². The standard InChI is InChI=1S/C22H32F2O2/c1-3-5-6-7-15-8-10-18-16(9-11-17(15)18)14-26-20-13-12-19(25-4-2)21(23)22(20)24/h12-13,15-18H,3-11,14H2,1-2H3. The van der Waals surface area contributed by atoms with Crippen molar-refractivity contribution in [3.63, 3.8) is 0 Å². The number of rotatable bonds is 9. The van der Waals surface area contributed by atoms with Crippen LogP contribution in [0.5, 0.6) is 11.5 Å². The van der Waals surface area contributed by atoms with Gasteiger partial charge in [0.1, 0.15) is 0 Å². The lowest BCUT2D eigenvalue weighted by Gasteiger charge is -2.21. The third kappa shape index (κ3) is 4.15. The molecule has 1 aromatic rings. The summed E-state index contributed by atoms with van der Waals surface area (Å²) in [5.41, 5.74) is 0. The fourth-order valence-corrected chi connectivity index (χ4v) is 5.15. The Morgan fingerprint density at radius 2 is 1.46 bits per heavy atom. The van der Waals surface area contributed by atoms with E-state index in [-0.39, 0.29) is 11.5 Å². The predicted molar refractivity (Wildman–Crippen MR) is 99.6 cm³/mol. The molecule has 3 rings (SSSR count). The van der Waals surface area contributed by atoms with Gasteiger partial charge in [-0.05, 0) is 68.4 Å². The van der Waals surface area contributed by atoms with E-state index in [0.717, 1.165) is 18.3 Å². The van der Waals surface area contributed by atoms with Gasteiger partial charge in [0, 0.05) is 0 Å². The Kier molecular flexibility index (Phi) is 6.77. The van der Waals surface area contributed by atoms with Crippen LogP contribution in [-0.2, 0) is 0 Å². The summed E-state index contributed by atoms with van der Waals surface area (Å²) < 4.78 is 39.0. The molecule has 4 atom stereocenters. The fourth-order valence-electron chi connectivity index (χ4n) is 5.15. The van der Waals surface area contributed by atoms with E-state index in [0.29, 0.717) is 25.0 Å². The molecule has 0 aliphatic heterocycles. The van der Waals surface area contributed by atoms with E-state index in [2.05, 4.69) is 6.92 Å². The minimum absolute atomic E-state index is 0.00638. The SMILES string of the molecule is CCCCCC1CCC2C(COc3ccc(OCC)c(F)c3F)CCC12. The molecule has 26 heavy (non-hydrogen) atoms. The molecule has 0 saturated heterocycles. The molecule has 2 fully saturated rings. The average Bonchev–Trinajstić information content (AvgIpc) is 3.22. The van der Waals surface area contributed by atoms with Crippen LogP contribution in [0.3, 0.4) is 0 Å². The summed E-state index contributed by atoms with van der Waals surface area (Å²) in [6, 6.07) is 2.94. The summed E-state index contributed by atoms with van der Waals surface area (Å²) in [7, 11) is 0. The van der Waals surface area contributed by atoms with Gasteiger partial charge in [0.25, 0.3) is 0 Å². The number of unbranched alkanes of at least 4 members (excludes halogenated alkanes) is 2. The normalized spacial score (nSPS) is 27.5. The summed E-state index contributed by atoms with van der Waals surface area (Å²) in [5, 5.41) is 0. The third-order valence-corrected chi connectivity index (χ3v) is 6.45. The molecule has 2 nitrogen and oxygen atoms in total. The first-order valence-electron chi connectivity index (χ1n) is 10.4. The van der Waals surface area contributed by atoms with Crippen LogP contribution in [-0.4, -0.2) is 13.2 Å². The first-order valence-corrected chi connectivity index (χ1v) is 10.4. The molecule has 0 radical (unpaired) electrons. The molecule has 4 unspecified atom stereocenters. The van der Waals surface area contributed by atoms with Crippen molar-refractivity contribution in [1.29, 1.82) is 0 Å². The van der Waals surface area contributed by atoms with Crippen molar-refractivity contribution in [1.82, 2.24) is 0 Å². The third-order valence-electron chi connectivity index (χ3n) is 6.45. The lowest BCUT2D eigenvalue weighted by atomic mass is 9.86. The molecule has 0 spiro atoms. The van der Waals surface area contributed by atoms with Gasteiger partial charge in [-0.25, -0.2) is 0 Å². The number of benzene rings is 1. The molecule has 0 heterocycles. The zero-order chi connectivity index (χ0) is 18.5. The molecule has 0 bridgehead atoms. The van der Waals surface area contributed by atoms with Gasteiger partial charge >= 0.3 is 0 Å². The van der Waals surface area contributed by atoms with Crippen LogP contribution in [0.2, 0.25) is 0 Å². The van der Waals surface area contributed by atoms with Gasteiger partial charge in [-0.15, -0.1) is 0 Å². The van der Waals surface area contributed by atoms with Gasteiger partial charge in [0.15, 0.2) is 11.5 Å². The highest BCUT2D eigenvalue weighted by atomic mass is 19.2. The van der Waals surface area contributed by atoms with E-state index in [1.807, 2.05) is 0 Å². The van der Waals surface area contributed by atoms with E-state index in [4.69, 9.17) is 9.47 Å². The van der Waals surface area contributed by atoms with Crippen LogP contribution >= 0.6 is 0 Å².